The van der Waals surface area contributed by atoms with E-state index in [2.05, 4.69) is 10.6 Å². The number of aromatic hydroxyl groups is 1. The van der Waals surface area contributed by atoms with Gasteiger partial charge in [-0.1, -0.05) is 6.07 Å². The summed E-state index contributed by atoms with van der Waals surface area (Å²) < 4.78 is 21.1. The number of amides is 2. The number of hydrogen-bond acceptors (Lipinski definition) is 7. The molecule has 0 aromatic heterocycles. The molecule has 2 bridgehead atoms. The molecule has 0 aliphatic carbocycles. The lowest BCUT2D eigenvalue weighted by atomic mass is 10.3. The van der Waals surface area contributed by atoms with E-state index < -0.39 is 0 Å². The number of para-hydroxylation sites is 1. The van der Waals surface area contributed by atoms with Crippen molar-refractivity contribution in [2.45, 2.75) is 0 Å². The lowest BCUT2D eigenvalue weighted by molar-refractivity contribution is -0.124. The molecule has 1 aromatic carbocycles. The number of rotatable bonds is 0. The van der Waals surface area contributed by atoms with E-state index in [9.17, 15) is 14.7 Å². The third-order valence-electron chi connectivity index (χ3n) is 3.19. The van der Waals surface area contributed by atoms with Crippen LogP contribution in [-0.2, 0) is 19.1 Å². The maximum absolute atomic E-state index is 11.7. The summed E-state index contributed by atoms with van der Waals surface area (Å²) in [4.78, 5) is 23.4. The molecule has 9 heteroatoms. The zero-order valence-electron chi connectivity index (χ0n) is 13.8. The van der Waals surface area contributed by atoms with Crippen LogP contribution >= 0.6 is 0 Å². The van der Waals surface area contributed by atoms with Crippen LogP contribution in [-0.4, -0.2) is 69.7 Å². The second-order valence-corrected chi connectivity index (χ2v) is 5.10. The molecule has 0 atom stereocenters. The highest BCUT2D eigenvalue weighted by Gasteiger charge is 2.12. The van der Waals surface area contributed by atoms with Crippen molar-refractivity contribution in [1.82, 2.24) is 10.6 Å². The molecular formula is C16H22N2O7. The number of nitrogens with one attached hydrogen (secondary N) is 2. The van der Waals surface area contributed by atoms with E-state index >= 15 is 0 Å². The van der Waals surface area contributed by atoms with Gasteiger partial charge in [0, 0.05) is 13.1 Å². The van der Waals surface area contributed by atoms with E-state index in [0.717, 1.165) is 0 Å². The van der Waals surface area contributed by atoms with Crippen molar-refractivity contribution in [1.29, 1.82) is 0 Å². The number of hydrogen-bond donors (Lipinski definition) is 3. The first kappa shape index (κ1) is 18.8. The van der Waals surface area contributed by atoms with E-state index in [1.807, 2.05) is 0 Å². The number of phenols is 1. The molecule has 1 heterocycles. The average molecular weight is 354 g/mol. The SMILES string of the molecule is O=C1COc2cccc(c2O)OCC(=O)NCCOCCOCCN1. The van der Waals surface area contributed by atoms with Crippen molar-refractivity contribution in [3.05, 3.63) is 18.2 Å². The van der Waals surface area contributed by atoms with Gasteiger partial charge in [0.2, 0.25) is 5.75 Å². The Bertz CT molecular complexity index is 533. The summed E-state index contributed by atoms with van der Waals surface area (Å²) in [6, 6.07) is 4.58. The molecular weight excluding hydrogens is 332 g/mol. The van der Waals surface area contributed by atoms with E-state index in [-0.39, 0.29) is 42.3 Å². The zero-order chi connectivity index (χ0) is 17.9. The summed E-state index contributed by atoms with van der Waals surface area (Å²) in [5.74, 6) is -0.773. The highest BCUT2D eigenvalue weighted by atomic mass is 16.5. The Kier molecular flexibility index (Phi) is 7.80. The molecule has 0 radical (unpaired) electrons. The van der Waals surface area contributed by atoms with Gasteiger partial charge in [0.1, 0.15) is 0 Å². The van der Waals surface area contributed by atoms with E-state index in [0.29, 0.717) is 39.5 Å². The van der Waals surface area contributed by atoms with E-state index in [1.54, 1.807) is 6.07 Å². The van der Waals surface area contributed by atoms with Crippen LogP contribution in [0.4, 0.5) is 0 Å². The van der Waals surface area contributed by atoms with Crippen LogP contribution in [0, 0.1) is 0 Å². The Labute approximate surface area is 145 Å². The van der Waals surface area contributed by atoms with Gasteiger partial charge in [-0.05, 0) is 12.1 Å². The molecule has 0 saturated carbocycles. The molecule has 2 rings (SSSR count). The lowest BCUT2D eigenvalue weighted by Gasteiger charge is -2.12. The van der Waals surface area contributed by atoms with Gasteiger partial charge in [0.05, 0.1) is 26.4 Å². The van der Waals surface area contributed by atoms with Crippen LogP contribution in [0.1, 0.15) is 0 Å². The van der Waals surface area contributed by atoms with Crippen molar-refractivity contribution >= 4 is 11.8 Å². The van der Waals surface area contributed by atoms with Gasteiger partial charge >= 0.3 is 0 Å². The van der Waals surface area contributed by atoms with E-state index in [1.165, 1.54) is 12.1 Å². The maximum Gasteiger partial charge on any atom is 0.258 e. The predicted molar refractivity (Wildman–Crippen MR) is 86.8 cm³/mol. The lowest BCUT2D eigenvalue weighted by Crippen LogP contribution is -2.32. The summed E-state index contributed by atoms with van der Waals surface area (Å²) in [7, 11) is 0. The molecule has 138 valence electrons. The van der Waals surface area contributed by atoms with Gasteiger partial charge in [0.15, 0.2) is 24.7 Å². The summed E-state index contributed by atoms with van der Waals surface area (Å²) >= 11 is 0. The first-order valence-corrected chi connectivity index (χ1v) is 7.93. The largest absolute Gasteiger partial charge is 0.502 e. The minimum Gasteiger partial charge on any atom is -0.502 e. The summed E-state index contributed by atoms with van der Waals surface area (Å²) in [5.41, 5.74) is 0. The molecule has 1 aliphatic rings. The van der Waals surface area contributed by atoms with Crippen molar-refractivity contribution in [3.63, 3.8) is 0 Å². The second-order valence-electron chi connectivity index (χ2n) is 5.10. The Morgan fingerprint density at radius 2 is 1.28 bits per heavy atom. The molecule has 25 heavy (non-hydrogen) atoms. The van der Waals surface area contributed by atoms with Crippen LogP contribution in [0.2, 0.25) is 0 Å². The van der Waals surface area contributed by atoms with Crippen LogP contribution in [0.3, 0.4) is 0 Å². The number of ether oxygens (including phenoxy) is 4. The minimum absolute atomic E-state index is 0.0932. The van der Waals surface area contributed by atoms with Crippen LogP contribution in [0.25, 0.3) is 0 Å². The first-order chi connectivity index (χ1) is 12.2. The molecule has 0 spiro atoms. The monoisotopic (exact) mass is 354 g/mol. The van der Waals surface area contributed by atoms with Crippen molar-refractivity contribution in [3.8, 4) is 17.2 Å². The Morgan fingerprint density at radius 3 is 1.76 bits per heavy atom. The molecule has 0 fully saturated rings. The second kappa shape index (κ2) is 10.4. The molecule has 0 saturated heterocycles. The topological polar surface area (TPSA) is 115 Å². The normalized spacial score (nSPS) is 18.4. The highest BCUT2D eigenvalue weighted by Crippen LogP contribution is 2.35. The Hall–Kier alpha value is -2.52. The molecule has 1 aromatic rings. The Balaban J connectivity index is 1.97. The first-order valence-electron chi connectivity index (χ1n) is 7.93. The smallest absolute Gasteiger partial charge is 0.258 e. The van der Waals surface area contributed by atoms with Crippen molar-refractivity contribution < 1.29 is 33.6 Å². The van der Waals surface area contributed by atoms with Gasteiger partial charge in [-0.25, -0.2) is 0 Å². The number of carbonyl (C=O) groups is 2. The van der Waals surface area contributed by atoms with Gasteiger partial charge < -0.3 is 34.7 Å². The third kappa shape index (κ3) is 6.86. The fraction of sp³-hybridized carbons (Fsp3) is 0.500. The molecule has 2 amide bonds. The average Bonchev–Trinajstić information content (AvgIpc) is 2.60. The van der Waals surface area contributed by atoms with Gasteiger partial charge in [0.25, 0.3) is 11.8 Å². The predicted octanol–water partition coefficient (Wildman–Crippen LogP) is -0.571. The zero-order valence-corrected chi connectivity index (χ0v) is 13.8. The van der Waals surface area contributed by atoms with Crippen LogP contribution in [0.5, 0.6) is 17.2 Å². The van der Waals surface area contributed by atoms with Crippen LogP contribution in [0.15, 0.2) is 18.2 Å². The molecule has 0 unspecified atom stereocenters. The quantitative estimate of drug-likeness (QED) is 0.571. The third-order valence-corrected chi connectivity index (χ3v) is 3.19. The van der Waals surface area contributed by atoms with E-state index in [4.69, 9.17) is 18.9 Å². The van der Waals surface area contributed by atoms with Crippen molar-refractivity contribution in [2.24, 2.45) is 0 Å². The van der Waals surface area contributed by atoms with Crippen LogP contribution < -0.4 is 20.1 Å². The fourth-order valence-corrected chi connectivity index (χ4v) is 1.97. The minimum atomic E-state index is -0.345. The van der Waals surface area contributed by atoms with Crippen molar-refractivity contribution in [2.75, 3.05) is 52.7 Å². The summed E-state index contributed by atoms with van der Waals surface area (Å²) in [6.07, 6.45) is 0. The Morgan fingerprint density at radius 1 is 0.800 bits per heavy atom. The maximum atomic E-state index is 11.7. The summed E-state index contributed by atoms with van der Waals surface area (Å²) in [6.45, 7) is 1.63. The number of fused-ring (bicyclic) bond motifs is 2. The standard InChI is InChI=1S/C16H22N2O7/c19-14-10-24-12-2-1-3-13(16(12)21)25-11-15(20)18-5-7-23-9-8-22-6-4-17-14/h1-3,21H,4-11H2,(H,17,19)(H,18,20). The molecule has 1 aliphatic heterocycles. The van der Waals surface area contributed by atoms with Gasteiger partial charge in [-0.2, -0.15) is 0 Å². The summed E-state index contributed by atoms with van der Waals surface area (Å²) in [5, 5.41) is 15.4. The van der Waals surface area contributed by atoms with Gasteiger partial charge in [-0.15, -0.1) is 0 Å². The number of benzene rings is 1. The van der Waals surface area contributed by atoms with Gasteiger partial charge in [-0.3, -0.25) is 9.59 Å². The fourth-order valence-electron chi connectivity index (χ4n) is 1.97. The molecule has 3 N–H and O–H groups in total. The molecule has 9 nitrogen and oxygen atoms in total. The number of phenolic OH excluding ortho intramolecular Hbond substituents is 1. The highest BCUT2D eigenvalue weighted by molar-refractivity contribution is 5.78. The number of carbonyl (C=O) groups excluding carboxylic acids is 2.